The summed E-state index contributed by atoms with van der Waals surface area (Å²) in [5.74, 6) is 1.39. The Morgan fingerprint density at radius 1 is 1.35 bits per heavy atom. The molecule has 0 aromatic carbocycles. The number of hydrogen-bond acceptors (Lipinski definition) is 4. The third kappa shape index (κ3) is 3.66. The van der Waals surface area contributed by atoms with Crippen LogP contribution in [0.2, 0.25) is 0 Å². The maximum Gasteiger partial charge on any atom is 0.225 e. The van der Waals surface area contributed by atoms with Gasteiger partial charge in [0.2, 0.25) is 5.95 Å². The molecule has 1 atom stereocenters. The van der Waals surface area contributed by atoms with Crippen LogP contribution in [-0.4, -0.2) is 28.2 Å². The van der Waals surface area contributed by atoms with E-state index in [0.717, 1.165) is 23.6 Å². The van der Waals surface area contributed by atoms with Gasteiger partial charge in [0.15, 0.2) is 0 Å². The molecule has 0 aliphatic rings. The average Bonchev–Trinajstić information content (AvgIpc) is 2.27. The van der Waals surface area contributed by atoms with Crippen LogP contribution in [0.15, 0.2) is 6.20 Å². The van der Waals surface area contributed by atoms with Gasteiger partial charge in [0, 0.05) is 30.5 Å². The molecule has 0 radical (unpaired) electrons. The Kier molecular flexibility index (Phi) is 4.87. The van der Waals surface area contributed by atoms with Crippen molar-refractivity contribution in [3.05, 3.63) is 17.5 Å². The average molecular weight is 237 g/mol. The summed E-state index contributed by atoms with van der Waals surface area (Å²) >= 11 is 0. The van der Waals surface area contributed by atoms with Gasteiger partial charge in [-0.25, -0.2) is 9.97 Å². The zero-order valence-electron chi connectivity index (χ0n) is 11.4. The molecule has 1 unspecified atom stereocenters. The van der Waals surface area contributed by atoms with Crippen molar-refractivity contribution in [2.75, 3.05) is 11.9 Å². The van der Waals surface area contributed by atoms with Crippen molar-refractivity contribution in [2.24, 2.45) is 5.92 Å². The van der Waals surface area contributed by atoms with Crippen LogP contribution in [0.1, 0.15) is 38.4 Å². The molecule has 17 heavy (non-hydrogen) atoms. The van der Waals surface area contributed by atoms with Crippen molar-refractivity contribution in [2.45, 2.75) is 46.8 Å². The third-order valence-corrected chi connectivity index (χ3v) is 3.03. The lowest BCUT2D eigenvalue weighted by Gasteiger charge is -2.26. The van der Waals surface area contributed by atoms with Gasteiger partial charge in [-0.1, -0.05) is 13.8 Å². The summed E-state index contributed by atoms with van der Waals surface area (Å²) in [5, 5.41) is 9.08. The van der Waals surface area contributed by atoms with Crippen LogP contribution in [0.25, 0.3) is 0 Å². The summed E-state index contributed by atoms with van der Waals surface area (Å²) < 4.78 is 0. The van der Waals surface area contributed by atoms with Crippen molar-refractivity contribution in [1.82, 2.24) is 9.97 Å². The molecule has 4 heteroatoms. The second kappa shape index (κ2) is 5.96. The van der Waals surface area contributed by atoms with Crippen molar-refractivity contribution in [1.29, 1.82) is 0 Å². The van der Waals surface area contributed by atoms with Crippen LogP contribution < -0.4 is 4.90 Å². The zero-order chi connectivity index (χ0) is 13.0. The standard InChI is InChI=1S/C13H23N3O/c1-9(2)6-10(3)16(5)13-14-7-12(8-17)11(4)15-13/h7,9-10,17H,6,8H2,1-5H3. The van der Waals surface area contributed by atoms with Crippen LogP contribution in [0.5, 0.6) is 0 Å². The second-order valence-corrected chi connectivity index (χ2v) is 5.03. The Labute approximate surface area is 104 Å². The number of aromatic nitrogens is 2. The number of aliphatic hydroxyl groups is 1. The van der Waals surface area contributed by atoms with E-state index in [0.29, 0.717) is 12.0 Å². The second-order valence-electron chi connectivity index (χ2n) is 5.03. The Hall–Kier alpha value is -1.16. The molecule has 0 aliphatic carbocycles. The summed E-state index contributed by atoms with van der Waals surface area (Å²) in [7, 11) is 2.01. The van der Waals surface area contributed by atoms with Gasteiger partial charge in [0.25, 0.3) is 0 Å². The normalized spacial score (nSPS) is 12.9. The van der Waals surface area contributed by atoms with E-state index in [2.05, 4.69) is 35.6 Å². The molecule has 1 heterocycles. The number of aliphatic hydroxyl groups excluding tert-OH is 1. The lowest BCUT2D eigenvalue weighted by molar-refractivity contribution is 0.280. The quantitative estimate of drug-likeness (QED) is 0.852. The van der Waals surface area contributed by atoms with Crippen LogP contribution in [0, 0.1) is 12.8 Å². The first kappa shape index (κ1) is 13.9. The highest BCUT2D eigenvalue weighted by Crippen LogP contribution is 2.16. The highest BCUT2D eigenvalue weighted by atomic mass is 16.3. The van der Waals surface area contributed by atoms with Crippen molar-refractivity contribution in [3.63, 3.8) is 0 Å². The molecular formula is C13H23N3O. The van der Waals surface area contributed by atoms with Gasteiger partial charge in [-0.2, -0.15) is 0 Å². The van der Waals surface area contributed by atoms with E-state index in [9.17, 15) is 0 Å². The van der Waals surface area contributed by atoms with Gasteiger partial charge in [-0.15, -0.1) is 0 Å². The molecule has 0 amide bonds. The van der Waals surface area contributed by atoms with Crippen LogP contribution in [-0.2, 0) is 6.61 Å². The van der Waals surface area contributed by atoms with Gasteiger partial charge in [-0.05, 0) is 26.2 Å². The SMILES string of the molecule is Cc1nc(N(C)C(C)CC(C)C)ncc1CO. The Morgan fingerprint density at radius 2 is 2.00 bits per heavy atom. The molecule has 1 aromatic rings. The summed E-state index contributed by atoms with van der Waals surface area (Å²) in [6.45, 7) is 8.50. The summed E-state index contributed by atoms with van der Waals surface area (Å²) in [6.07, 6.45) is 2.82. The van der Waals surface area contributed by atoms with Crippen LogP contribution in [0.3, 0.4) is 0 Å². The first-order valence-corrected chi connectivity index (χ1v) is 6.12. The number of hydrogen-bond donors (Lipinski definition) is 1. The Morgan fingerprint density at radius 3 is 2.47 bits per heavy atom. The molecule has 0 bridgehead atoms. The fourth-order valence-corrected chi connectivity index (χ4v) is 1.84. The zero-order valence-corrected chi connectivity index (χ0v) is 11.4. The minimum absolute atomic E-state index is 0.00260. The Bertz CT molecular complexity index is 366. The monoisotopic (exact) mass is 237 g/mol. The first-order valence-electron chi connectivity index (χ1n) is 6.12. The summed E-state index contributed by atoms with van der Waals surface area (Å²) in [5.41, 5.74) is 1.64. The van der Waals surface area contributed by atoms with E-state index < -0.39 is 0 Å². The molecular weight excluding hydrogens is 214 g/mol. The molecule has 1 N–H and O–H groups in total. The minimum Gasteiger partial charge on any atom is -0.392 e. The lowest BCUT2D eigenvalue weighted by Crippen LogP contribution is -2.31. The Balaban J connectivity index is 2.82. The fraction of sp³-hybridized carbons (Fsp3) is 0.692. The van der Waals surface area contributed by atoms with Gasteiger partial charge in [0.05, 0.1) is 6.61 Å². The molecule has 4 nitrogen and oxygen atoms in total. The third-order valence-electron chi connectivity index (χ3n) is 3.03. The van der Waals surface area contributed by atoms with Crippen LogP contribution >= 0.6 is 0 Å². The molecule has 0 fully saturated rings. The molecule has 0 saturated carbocycles. The summed E-state index contributed by atoms with van der Waals surface area (Å²) in [6, 6.07) is 0.411. The lowest BCUT2D eigenvalue weighted by atomic mass is 10.0. The number of nitrogens with zero attached hydrogens (tertiary/aromatic N) is 3. The van der Waals surface area contributed by atoms with E-state index in [1.54, 1.807) is 6.20 Å². The molecule has 0 saturated heterocycles. The highest BCUT2D eigenvalue weighted by Gasteiger charge is 2.14. The highest BCUT2D eigenvalue weighted by molar-refractivity contribution is 5.32. The largest absolute Gasteiger partial charge is 0.392 e. The van der Waals surface area contributed by atoms with E-state index in [1.165, 1.54) is 0 Å². The number of anilines is 1. The van der Waals surface area contributed by atoms with Crippen molar-refractivity contribution < 1.29 is 5.11 Å². The van der Waals surface area contributed by atoms with Gasteiger partial charge >= 0.3 is 0 Å². The molecule has 1 aromatic heterocycles. The first-order chi connectivity index (χ1) is 7.95. The van der Waals surface area contributed by atoms with E-state index in [-0.39, 0.29) is 6.61 Å². The molecule has 96 valence electrons. The van der Waals surface area contributed by atoms with E-state index >= 15 is 0 Å². The van der Waals surface area contributed by atoms with E-state index in [4.69, 9.17) is 5.11 Å². The van der Waals surface area contributed by atoms with Crippen molar-refractivity contribution >= 4 is 5.95 Å². The maximum atomic E-state index is 9.08. The minimum atomic E-state index is -0.00260. The van der Waals surface area contributed by atoms with Gasteiger partial charge in [-0.3, -0.25) is 0 Å². The van der Waals surface area contributed by atoms with Gasteiger partial charge in [0.1, 0.15) is 0 Å². The number of aryl methyl sites for hydroxylation is 1. The van der Waals surface area contributed by atoms with Gasteiger partial charge < -0.3 is 10.0 Å². The smallest absolute Gasteiger partial charge is 0.225 e. The number of rotatable bonds is 5. The molecule has 0 aliphatic heterocycles. The predicted octanol–water partition coefficient (Wildman–Crippen LogP) is 2.15. The topological polar surface area (TPSA) is 49.2 Å². The fourth-order valence-electron chi connectivity index (χ4n) is 1.84. The van der Waals surface area contributed by atoms with Crippen molar-refractivity contribution in [3.8, 4) is 0 Å². The molecule has 0 spiro atoms. The summed E-state index contributed by atoms with van der Waals surface area (Å²) in [4.78, 5) is 10.8. The van der Waals surface area contributed by atoms with Crippen LogP contribution in [0.4, 0.5) is 5.95 Å². The predicted molar refractivity (Wildman–Crippen MR) is 70.0 cm³/mol. The molecule has 1 rings (SSSR count). The van der Waals surface area contributed by atoms with E-state index in [1.807, 2.05) is 14.0 Å². The maximum absolute atomic E-state index is 9.08.